The van der Waals surface area contributed by atoms with Crippen LogP contribution in [0.3, 0.4) is 0 Å². The van der Waals surface area contributed by atoms with Gasteiger partial charge in [-0.05, 0) is 18.9 Å². The number of nitrogens with two attached hydrogens (primary N) is 1. The van der Waals surface area contributed by atoms with Crippen LogP contribution >= 0.6 is 0 Å². The van der Waals surface area contributed by atoms with Gasteiger partial charge < -0.3 is 10.3 Å². The predicted molar refractivity (Wildman–Crippen MR) is 77.7 cm³/mol. The number of aromatic nitrogens is 4. The Morgan fingerprint density at radius 2 is 2.05 bits per heavy atom. The summed E-state index contributed by atoms with van der Waals surface area (Å²) in [6.45, 7) is 5.76. The average molecular weight is 279 g/mol. The van der Waals surface area contributed by atoms with Gasteiger partial charge in [0.25, 0.3) is 5.56 Å². The fourth-order valence-corrected chi connectivity index (χ4v) is 2.27. The SMILES string of the molecule is CC(C)Cn1c(=O)n(C)c(=O)c2c1ncn2CCCN. The Bertz CT molecular complexity index is 723. The number of aryl methyl sites for hydroxylation is 1. The molecule has 0 spiro atoms. The Balaban J connectivity index is 2.71. The topological polar surface area (TPSA) is 87.8 Å². The third-order valence-corrected chi connectivity index (χ3v) is 3.25. The van der Waals surface area contributed by atoms with Crippen molar-refractivity contribution in [3.63, 3.8) is 0 Å². The number of hydrogen-bond donors (Lipinski definition) is 1. The van der Waals surface area contributed by atoms with Crippen LogP contribution in [0.4, 0.5) is 0 Å². The van der Waals surface area contributed by atoms with E-state index in [1.54, 1.807) is 15.5 Å². The first-order valence-corrected chi connectivity index (χ1v) is 6.82. The molecule has 20 heavy (non-hydrogen) atoms. The van der Waals surface area contributed by atoms with Gasteiger partial charge in [0.1, 0.15) is 0 Å². The second-order valence-corrected chi connectivity index (χ2v) is 5.40. The zero-order valence-electron chi connectivity index (χ0n) is 12.2. The molecule has 0 aliphatic heterocycles. The van der Waals surface area contributed by atoms with Gasteiger partial charge in [-0.15, -0.1) is 0 Å². The molecule has 0 atom stereocenters. The molecule has 0 fully saturated rings. The van der Waals surface area contributed by atoms with E-state index >= 15 is 0 Å². The summed E-state index contributed by atoms with van der Waals surface area (Å²) in [6, 6.07) is 0. The summed E-state index contributed by atoms with van der Waals surface area (Å²) in [7, 11) is 1.50. The van der Waals surface area contributed by atoms with E-state index in [1.165, 1.54) is 7.05 Å². The Morgan fingerprint density at radius 3 is 2.65 bits per heavy atom. The Kier molecular flexibility index (Phi) is 4.08. The van der Waals surface area contributed by atoms with Gasteiger partial charge in [-0.25, -0.2) is 9.78 Å². The van der Waals surface area contributed by atoms with E-state index in [0.717, 1.165) is 11.0 Å². The molecular formula is C13H21N5O2. The minimum Gasteiger partial charge on any atom is -0.330 e. The standard InChI is InChI=1S/C13H21N5O2/c1-9(2)7-18-11-10(12(19)16(3)13(18)20)17(8-15-11)6-4-5-14/h8-9H,4-7,14H2,1-3H3. The maximum absolute atomic E-state index is 12.3. The van der Waals surface area contributed by atoms with Crippen molar-refractivity contribution in [2.75, 3.05) is 6.54 Å². The van der Waals surface area contributed by atoms with E-state index in [-0.39, 0.29) is 11.2 Å². The lowest BCUT2D eigenvalue weighted by Gasteiger charge is -2.11. The van der Waals surface area contributed by atoms with Crippen LogP contribution in [0.1, 0.15) is 20.3 Å². The molecule has 0 aliphatic rings. The molecule has 0 saturated carbocycles. The maximum Gasteiger partial charge on any atom is 0.332 e. The van der Waals surface area contributed by atoms with Crippen LogP contribution in [-0.2, 0) is 20.1 Å². The van der Waals surface area contributed by atoms with Crippen molar-refractivity contribution in [3.8, 4) is 0 Å². The molecule has 2 rings (SSSR count). The van der Waals surface area contributed by atoms with Crippen molar-refractivity contribution in [3.05, 3.63) is 27.2 Å². The summed E-state index contributed by atoms with van der Waals surface area (Å²) in [6.07, 6.45) is 2.37. The Morgan fingerprint density at radius 1 is 1.35 bits per heavy atom. The largest absolute Gasteiger partial charge is 0.332 e. The van der Waals surface area contributed by atoms with E-state index in [0.29, 0.717) is 36.7 Å². The van der Waals surface area contributed by atoms with Crippen molar-refractivity contribution in [1.29, 1.82) is 0 Å². The van der Waals surface area contributed by atoms with E-state index in [9.17, 15) is 9.59 Å². The molecule has 0 saturated heterocycles. The first-order chi connectivity index (χ1) is 9.47. The Labute approximate surface area is 116 Å². The number of nitrogens with zero attached hydrogens (tertiary/aromatic N) is 4. The molecule has 2 aromatic heterocycles. The molecule has 0 bridgehead atoms. The van der Waals surface area contributed by atoms with Gasteiger partial charge in [-0.1, -0.05) is 13.8 Å². The van der Waals surface area contributed by atoms with Gasteiger partial charge in [0.2, 0.25) is 0 Å². The van der Waals surface area contributed by atoms with Crippen molar-refractivity contribution in [2.24, 2.45) is 18.7 Å². The number of fused-ring (bicyclic) bond motifs is 1. The molecule has 110 valence electrons. The lowest BCUT2D eigenvalue weighted by molar-refractivity contribution is 0.499. The van der Waals surface area contributed by atoms with Crippen LogP contribution < -0.4 is 17.0 Å². The predicted octanol–water partition coefficient (Wildman–Crippen LogP) is -0.0985. The van der Waals surface area contributed by atoms with Crippen LogP contribution in [-0.4, -0.2) is 25.2 Å². The highest BCUT2D eigenvalue weighted by Gasteiger charge is 2.16. The van der Waals surface area contributed by atoms with Gasteiger partial charge in [0.15, 0.2) is 11.2 Å². The summed E-state index contributed by atoms with van der Waals surface area (Å²) in [5.74, 6) is 0.294. The van der Waals surface area contributed by atoms with Crippen LogP contribution in [0, 0.1) is 5.92 Å². The van der Waals surface area contributed by atoms with Gasteiger partial charge in [-0.2, -0.15) is 0 Å². The summed E-state index contributed by atoms with van der Waals surface area (Å²) in [5.41, 5.74) is 5.81. The molecule has 0 aliphatic carbocycles. The van der Waals surface area contributed by atoms with Gasteiger partial charge in [0.05, 0.1) is 6.33 Å². The summed E-state index contributed by atoms with van der Waals surface area (Å²) in [4.78, 5) is 28.8. The fraction of sp³-hybridized carbons (Fsp3) is 0.615. The zero-order valence-corrected chi connectivity index (χ0v) is 12.2. The first-order valence-electron chi connectivity index (χ1n) is 6.82. The first kappa shape index (κ1) is 14.5. The molecule has 0 aromatic carbocycles. The normalized spacial score (nSPS) is 11.7. The molecule has 2 aromatic rings. The van der Waals surface area contributed by atoms with Gasteiger partial charge >= 0.3 is 5.69 Å². The number of hydrogen-bond acceptors (Lipinski definition) is 4. The molecule has 0 amide bonds. The third kappa shape index (κ3) is 2.40. The van der Waals surface area contributed by atoms with E-state index in [1.807, 2.05) is 13.8 Å². The molecule has 2 heterocycles. The molecule has 7 heteroatoms. The van der Waals surface area contributed by atoms with E-state index < -0.39 is 0 Å². The third-order valence-electron chi connectivity index (χ3n) is 3.25. The highest BCUT2D eigenvalue weighted by atomic mass is 16.2. The quantitative estimate of drug-likeness (QED) is 0.828. The second kappa shape index (κ2) is 5.62. The molecule has 7 nitrogen and oxygen atoms in total. The maximum atomic E-state index is 12.3. The summed E-state index contributed by atoms with van der Waals surface area (Å²) >= 11 is 0. The molecule has 0 radical (unpaired) electrons. The lowest BCUT2D eigenvalue weighted by atomic mass is 10.2. The highest BCUT2D eigenvalue weighted by Crippen LogP contribution is 2.09. The molecule has 0 unspecified atom stereocenters. The summed E-state index contributed by atoms with van der Waals surface area (Å²) < 4.78 is 4.49. The highest BCUT2D eigenvalue weighted by molar-refractivity contribution is 5.70. The van der Waals surface area contributed by atoms with Crippen LogP contribution in [0.25, 0.3) is 11.2 Å². The van der Waals surface area contributed by atoms with Crippen molar-refractivity contribution in [1.82, 2.24) is 18.7 Å². The van der Waals surface area contributed by atoms with Gasteiger partial charge in [-0.3, -0.25) is 13.9 Å². The minimum atomic E-state index is -0.319. The number of imidazole rings is 1. The van der Waals surface area contributed by atoms with Crippen LogP contribution in [0.15, 0.2) is 15.9 Å². The average Bonchev–Trinajstić information content (AvgIpc) is 2.82. The summed E-state index contributed by atoms with van der Waals surface area (Å²) in [5, 5.41) is 0. The van der Waals surface area contributed by atoms with Gasteiger partial charge in [0, 0.05) is 20.1 Å². The van der Waals surface area contributed by atoms with Crippen LogP contribution in [0.5, 0.6) is 0 Å². The van der Waals surface area contributed by atoms with Crippen molar-refractivity contribution < 1.29 is 0 Å². The van der Waals surface area contributed by atoms with E-state index in [2.05, 4.69) is 4.98 Å². The van der Waals surface area contributed by atoms with Crippen LogP contribution in [0.2, 0.25) is 0 Å². The monoisotopic (exact) mass is 279 g/mol. The Hall–Kier alpha value is -1.89. The van der Waals surface area contributed by atoms with Crippen molar-refractivity contribution >= 4 is 11.2 Å². The smallest absolute Gasteiger partial charge is 0.330 e. The molecule has 2 N–H and O–H groups in total. The lowest BCUT2D eigenvalue weighted by Crippen LogP contribution is -2.39. The minimum absolute atomic E-state index is 0.294. The van der Waals surface area contributed by atoms with Crippen molar-refractivity contribution in [2.45, 2.75) is 33.4 Å². The molecular weight excluding hydrogens is 258 g/mol. The van der Waals surface area contributed by atoms with E-state index in [4.69, 9.17) is 5.73 Å². The second-order valence-electron chi connectivity index (χ2n) is 5.40. The fourth-order valence-electron chi connectivity index (χ4n) is 2.27. The number of rotatable bonds is 5. The zero-order chi connectivity index (χ0) is 14.9.